The van der Waals surface area contributed by atoms with Crippen LogP contribution in [0, 0.1) is 0 Å². The molecule has 1 saturated heterocycles. The van der Waals surface area contributed by atoms with Crippen LogP contribution in [0.2, 0.25) is 0 Å². The molecular formula is C23H22N2O5S. The highest BCUT2D eigenvalue weighted by Crippen LogP contribution is 2.36. The smallest absolute Gasteiger partial charge is 0.337 e. The molecule has 0 aromatic heterocycles. The van der Waals surface area contributed by atoms with Crippen molar-refractivity contribution >= 4 is 40.6 Å². The van der Waals surface area contributed by atoms with Gasteiger partial charge in [0.15, 0.2) is 16.7 Å². The Labute approximate surface area is 184 Å². The van der Waals surface area contributed by atoms with Gasteiger partial charge in [0.1, 0.15) is 0 Å². The molecule has 0 saturated carbocycles. The largest absolute Gasteiger partial charge is 0.504 e. The van der Waals surface area contributed by atoms with Crippen LogP contribution in [0.3, 0.4) is 0 Å². The van der Waals surface area contributed by atoms with E-state index in [-0.39, 0.29) is 11.7 Å². The molecule has 160 valence electrons. The number of esters is 1. The highest BCUT2D eigenvalue weighted by atomic mass is 32.2. The summed E-state index contributed by atoms with van der Waals surface area (Å²) in [4.78, 5) is 30.8. The molecule has 2 aromatic rings. The number of thioether (sulfide) groups is 1. The number of nitrogens with zero attached hydrogens (tertiary/aromatic N) is 2. The SMILES string of the molecule is C=CCc1cc(/C=C2/SC(=Nc3ccc(C(=O)OC)cc3)N(C)C2=O)cc(OC)c1O. The number of allylic oxidation sites excluding steroid dienone is 1. The van der Waals surface area contributed by atoms with Crippen molar-refractivity contribution in [2.45, 2.75) is 6.42 Å². The molecule has 0 bridgehead atoms. The molecule has 7 nitrogen and oxygen atoms in total. The highest BCUT2D eigenvalue weighted by molar-refractivity contribution is 8.18. The predicted molar refractivity (Wildman–Crippen MR) is 122 cm³/mol. The van der Waals surface area contributed by atoms with Gasteiger partial charge in [-0.25, -0.2) is 9.79 Å². The first-order valence-electron chi connectivity index (χ1n) is 9.33. The number of hydrogen-bond acceptors (Lipinski definition) is 7. The summed E-state index contributed by atoms with van der Waals surface area (Å²) >= 11 is 1.24. The molecule has 0 radical (unpaired) electrons. The van der Waals surface area contributed by atoms with E-state index < -0.39 is 5.97 Å². The van der Waals surface area contributed by atoms with Gasteiger partial charge in [0.05, 0.1) is 30.4 Å². The summed E-state index contributed by atoms with van der Waals surface area (Å²) in [7, 11) is 4.45. The maximum absolute atomic E-state index is 12.7. The number of carbonyl (C=O) groups is 2. The summed E-state index contributed by atoms with van der Waals surface area (Å²) in [6, 6.07) is 10.1. The van der Waals surface area contributed by atoms with Gasteiger partial charge in [-0.15, -0.1) is 6.58 Å². The van der Waals surface area contributed by atoms with Gasteiger partial charge in [-0.2, -0.15) is 0 Å². The minimum absolute atomic E-state index is 0.0599. The van der Waals surface area contributed by atoms with E-state index in [0.29, 0.717) is 39.1 Å². The fourth-order valence-electron chi connectivity index (χ4n) is 2.94. The number of amidine groups is 1. The van der Waals surface area contributed by atoms with Gasteiger partial charge in [0.25, 0.3) is 5.91 Å². The van der Waals surface area contributed by atoms with Gasteiger partial charge in [-0.05, 0) is 66.2 Å². The van der Waals surface area contributed by atoms with Crippen LogP contribution >= 0.6 is 11.8 Å². The second-order valence-corrected chi connectivity index (χ2v) is 7.64. The van der Waals surface area contributed by atoms with Crippen molar-refractivity contribution in [2.75, 3.05) is 21.3 Å². The number of carbonyl (C=O) groups excluding carboxylic acids is 2. The molecule has 1 fully saturated rings. The lowest BCUT2D eigenvalue weighted by atomic mass is 10.1. The lowest BCUT2D eigenvalue weighted by Gasteiger charge is -2.09. The van der Waals surface area contributed by atoms with Crippen LogP contribution in [0.25, 0.3) is 6.08 Å². The number of methoxy groups -OCH3 is 2. The fourth-order valence-corrected chi connectivity index (χ4v) is 3.93. The molecule has 1 aliphatic rings. The number of aliphatic imine (C=N–C) groups is 1. The Bertz CT molecular complexity index is 1090. The second kappa shape index (κ2) is 9.53. The van der Waals surface area contributed by atoms with Crippen LogP contribution in [0.15, 0.2) is 59.0 Å². The van der Waals surface area contributed by atoms with Crippen LogP contribution in [0.1, 0.15) is 21.5 Å². The Morgan fingerprint density at radius 3 is 2.58 bits per heavy atom. The Morgan fingerprint density at radius 2 is 1.97 bits per heavy atom. The van der Waals surface area contributed by atoms with Gasteiger partial charge >= 0.3 is 5.97 Å². The van der Waals surface area contributed by atoms with Crippen LogP contribution in [-0.2, 0) is 16.0 Å². The monoisotopic (exact) mass is 438 g/mol. The number of phenolic OH excluding ortho intramolecular Hbond substituents is 1. The van der Waals surface area contributed by atoms with E-state index in [2.05, 4.69) is 16.3 Å². The molecule has 31 heavy (non-hydrogen) atoms. The maximum Gasteiger partial charge on any atom is 0.337 e. The minimum Gasteiger partial charge on any atom is -0.504 e. The maximum atomic E-state index is 12.7. The number of benzene rings is 2. The van der Waals surface area contributed by atoms with Crippen LogP contribution in [0.5, 0.6) is 11.5 Å². The summed E-state index contributed by atoms with van der Waals surface area (Å²) in [5.74, 6) is -0.223. The number of rotatable bonds is 6. The quantitative estimate of drug-likeness (QED) is 0.414. The molecule has 1 amide bonds. The van der Waals surface area contributed by atoms with E-state index in [1.54, 1.807) is 55.6 Å². The Hall–Kier alpha value is -3.52. The molecule has 2 aromatic carbocycles. The van der Waals surface area contributed by atoms with E-state index in [0.717, 1.165) is 5.56 Å². The van der Waals surface area contributed by atoms with Gasteiger partial charge < -0.3 is 14.6 Å². The standard InChI is InChI=1S/C23H22N2O5S/c1-5-6-16-11-14(12-18(29-3)20(16)26)13-19-21(27)25(2)23(31-19)24-17-9-7-15(8-10-17)22(28)30-4/h5,7-13,26H,1,6H2,2-4H3/b19-13+,24-23?. The van der Waals surface area contributed by atoms with Crippen molar-refractivity contribution in [1.82, 2.24) is 4.90 Å². The zero-order valence-electron chi connectivity index (χ0n) is 17.4. The molecule has 0 aliphatic carbocycles. The van der Waals surface area contributed by atoms with Gasteiger partial charge in [0, 0.05) is 12.6 Å². The summed E-state index contributed by atoms with van der Waals surface area (Å²) in [6.07, 6.45) is 3.89. The van der Waals surface area contributed by atoms with Crippen LogP contribution < -0.4 is 4.74 Å². The van der Waals surface area contributed by atoms with Crippen molar-refractivity contribution in [3.05, 3.63) is 70.6 Å². The van der Waals surface area contributed by atoms with Crippen molar-refractivity contribution < 1.29 is 24.2 Å². The molecule has 1 heterocycles. The van der Waals surface area contributed by atoms with E-state index >= 15 is 0 Å². The normalized spacial score (nSPS) is 16.1. The third kappa shape index (κ3) is 4.80. The van der Waals surface area contributed by atoms with Crippen LogP contribution in [0.4, 0.5) is 5.69 Å². The molecule has 0 atom stereocenters. The highest BCUT2D eigenvalue weighted by Gasteiger charge is 2.30. The van der Waals surface area contributed by atoms with Crippen molar-refractivity contribution in [2.24, 2.45) is 4.99 Å². The zero-order valence-corrected chi connectivity index (χ0v) is 18.2. The zero-order chi connectivity index (χ0) is 22.5. The number of ether oxygens (including phenoxy) is 2. The number of aromatic hydroxyl groups is 1. The van der Waals surface area contributed by atoms with Gasteiger partial charge in [-0.1, -0.05) is 6.08 Å². The van der Waals surface area contributed by atoms with Gasteiger partial charge in [-0.3, -0.25) is 9.69 Å². The van der Waals surface area contributed by atoms with Crippen molar-refractivity contribution in [3.8, 4) is 11.5 Å². The van der Waals surface area contributed by atoms with Crippen LogP contribution in [-0.4, -0.2) is 48.3 Å². The second-order valence-electron chi connectivity index (χ2n) is 6.63. The van der Waals surface area contributed by atoms with E-state index in [4.69, 9.17) is 4.74 Å². The third-order valence-electron chi connectivity index (χ3n) is 4.57. The van der Waals surface area contributed by atoms with E-state index in [1.807, 2.05) is 0 Å². The number of likely N-dealkylation sites (N-methyl/N-ethyl adjacent to an activating group) is 1. The molecular weight excluding hydrogens is 416 g/mol. The van der Waals surface area contributed by atoms with Crippen molar-refractivity contribution in [1.29, 1.82) is 0 Å². The number of amides is 1. The first kappa shape index (κ1) is 22.2. The summed E-state index contributed by atoms with van der Waals surface area (Å²) in [5, 5.41) is 10.8. The molecule has 1 N–H and O–H groups in total. The Morgan fingerprint density at radius 1 is 1.26 bits per heavy atom. The topological polar surface area (TPSA) is 88.4 Å². The average molecular weight is 439 g/mol. The first-order chi connectivity index (χ1) is 14.9. The lowest BCUT2D eigenvalue weighted by Crippen LogP contribution is -2.23. The van der Waals surface area contributed by atoms with E-state index in [9.17, 15) is 14.7 Å². The lowest BCUT2D eigenvalue weighted by molar-refractivity contribution is -0.121. The number of hydrogen-bond donors (Lipinski definition) is 1. The number of phenols is 1. The first-order valence-corrected chi connectivity index (χ1v) is 10.1. The van der Waals surface area contributed by atoms with E-state index in [1.165, 1.54) is 30.9 Å². The third-order valence-corrected chi connectivity index (χ3v) is 5.63. The van der Waals surface area contributed by atoms with Gasteiger partial charge in [0.2, 0.25) is 0 Å². The molecule has 0 unspecified atom stereocenters. The summed E-state index contributed by atoms with van der Waals surface area (Å²) in [5.41, 5.74) is 2.41. The Balaban J connectivity index is 1.90. The molecule has 3 rings (SSSR count). The molecule has 1 aliphatic heterocycles. The average Bonchev–Trinajstić information content (AvgIpc) is 3.03. The summed E-state index contributed by atoms with van der Waals surface area (Å²) in [6.45, 7) is 3.70. The van der Waals surface area contributed by atoms with Crippen molar-refractivity contribution in [3.63, 3.8) is 0 Å². The Kier molecular flexibility index (Phi) is 6.81. The fraction of sp³-hybridized carbons (Fsp3) is 0.174. The molecule has 8 heteroatoms. The minimum atomic E-state index is -0.424. The summed E-state index contributed by atoms with van der Waals surface area (Å²) < 4.78 is 9.94. The molecule has 0 spiro atoms. The predicted octanol–water partition coefficient (Wildman–Crippen LogP) is 4.15.